The molecule has 8 nitrogen and oxygen atoms in total. The number of carbonyl (C=O) groups is 1. The topological polar surface area (TPSA) is 110 Å². The molecule has 0 bridgehead atoms. The predicted octanol–water partition coefficient (Wildman–Crippen LogP) is 3.48. The highest BCUT2D eigenvalue weighted by Gasteiger charge is 2.36. The van der Waals surface area contributed by atoms with Gasteiger partial charge in [-0.15, -0.1) is 0 Å². The van der Waals surface area contributed by atoms with E-state index in [-0.39, 0.29) is 46.1 Å². The van der Waals surface area contributed by atoms with Crippen molar-refractivity contribution >= 4 is 37.2 Å². The summed E-state index contributed by atoms with van der Waals surface area (Å²) >= 11 is 0. The Morgan fingerprint density at radius 1 is 1.15 bits per heavy atom. The van der Waals surface area contributed by atoms with Crippen molar-refractivity contribution in [3.8, 4) is 0 Å². The van der Waals surface area contributed by atoms with Crippen molar-refractivity contribution in [3.05, 3.63) is 47.5 Å². The third-order valence-electron chi connectivity index (χ3n) is 5.53. The number of alkyl halides is 2. The number of aryl methyl sites for hydroxylation is 1. The molecule has 0 unspecified atom stereocenters. The molecule has 1 heterocycles. The number of carbonyl (C=O) groups excluding carboxylic acids is 1. The number of ether oxygens (including phenoxy) is 1. The lowest BCUT2D eigenvalue weighted by atomic mass is 10.1. The van der Waals surface area contributed by atoms with Crippen molar-refractivity contribution in [1.29, 1.82) is 0 Å². The summed E-state index contributed by atoms with van der Waals surface area (Å²) in [6.45, 7) is 1.36. The SMILES string of the molecule is CCc1ccc(C(=O)OC)cc1S(=O)(=O)Nc1cc(S(C)(=O)=O)ccc1N1CCCC(F)(F)C1. The molecular formula is C22H26F2N2O6S2. The second-order valence-electron chi connectivity index (χ2n) is 8.11. The first kappa shape index (κ1) is 25.9. The molecule has 12 heteroatoms. The van der Waals surface area contributed by atoms with Crippen molar-refractivity contribution in [2.75, 3.05) is 36.1 Å². The van der Waals surface area contributed by atoms with Crippen LogP contribution >= 0.6 is 0 Å². The van der Waals surface area contributed by atoms with Crippen molar-refractivity contribution < 1.29 is 35.1 Å². The number of hydrogen-bond acceptors (Lipinski definition) is 7. The number of sulfone groups is 1. The highest BCUT2D eigenvalue weighted by Crippen LogP contribution is 2.36. The largest absolute Gasteiger partial charge is 0.465 e. The van der Waals surface area contributed by atoms with E-state index in [0.29, 0.717) is 12.0 Å². The lowest BCUT2D eigenvalue weighted by molar-refractivity contribution is -0.0116. The van der Waals surface area contributed by atoms with Gasteiger partial charge in [0.2, 0.25) is 0 Å². The molecule has 0 aromatic heterocycles. The number of rotatable bonds is 7. The Labute approximate surface area is 197 Å². The predicted molar refractivity (Wildman–Crippen MR) is 124 cm³/mol. The fourth-order valence-electron chi connectivity index (χ4n) is 3.82. The smallest absolute Gasteiger partial charge is 0.337 e. The van der Waals surface area contributed by atoms with E-state index in [1.807, 2.05) is 0 Å². The van der Waals surface area contributed by atoms with E-state index in [1.165, 1.54) is 42.3 Å². The molecule has 2 aromatic carbocycles. The van der Waals surface area contributed by atoms with E-state index in [0.717, 1.165) is 12.3 Å². The van der Waals surface area contributed by atoms with Crippen molar-refractivity contribution in [1.82, 2.24) is 0 Å². The number of hydrogen-bond donors (Lipinski definition) is 1. The summed E-state index contributed by atoms with van der Waals surface area (Å²) < 4.78 is 86.2. The first-order valence-corrected chi connectivity index (χ1v) is 13.9. The van der Waals surface area contributed by atoms with Crippen molar-refractivity contribution in [3.63, 3.8) is 0 Å². The van der Waals surface area contributed by atoms with Crippen LogP contribution in [-0.4, -0.2) is 55.2 Å². The number of piperidine rings is 1. The van der Waals surface area contributed by atoms with Gasteiger partial charge >= 0.3 is 5.97 Å². The van der Waals surface area contributed by atoms with E-state index in [1.54, 1.807) is 6.92 Å². The van der Waals surface area contributed by atoms with Gasteiger partial charge in [0.1, 0.15) is 0 Å². The summed E-state index contributed by atoms with van der Waals surface area (Å²) in [4.78, 5) is 12.9. The fraction of sp³-hybridized carbons (Fsp3) is 0.409. The maximum Gasteiger partial charge on any atom is 0.337 e. The first-order valence-electron chi connectivity index (χ1n) is 10.5. The van der Waals surface area contributed by atoms with Crippen LogP contribution in [0.25, 0.3) is 0 Å². The van der Waals surface area contributed by atoms with E-state index in [4.69, 9.17) is 0 Å². The van der Waals surface area contributed by atoms with Gasteiger partial charge in [0.15, 0.2) is 9.84 Å². The highest BCUT2D eigenvalue weighted by atomic mass is 32.2. The van der Waals surface area contributed by atoms with Crippen molar-refractivity contribution in [2.24, 2.45) is 0 Å². The molecule has 0 spiro atoms. The van der Waals surface area contributed by atoms with Crippen LogP contribution in [-0.2, 0) is 31.0 Å². The molecule has 34 heavy (non-hydrogen) atoms. The quantitative estimate of drug-likeness (QED) is 0.561. The zero-order chi connectivity index (χ0) is 25.3. The number of benzene rings is 2. The van der Waals surface area contributed by atoms with Crippen LogP contribution < -0.4 is 9.62 Å². The summed E-state index contributed by atoms with van der Waals surface area (Å²) in [6.07, 6.45) is 1.19. The Morgan fingerprint density at radius 2 is 1.85 bits per heavy atom. The first-order chi connectivity index (χ1) is 15.8. The van der Waals surface area contributed by atoms with Crippen LogP contribution in [0.3, 0.4) is 0 Å². The minimum Gasteiger partial charge on any atom is -0.465 e. The standard InChI is InChI=1S/C22H26F2N2O6S2/c1-4-15-6-7-16(21(27)32-2)12-20(15)34(30,31)25-18-13-17(33(3,28)29)8-9-19(18)26-11-5-10-22(23,24)14-26/h6-9,12-13,25H,4-5,10-11,14H2,1-3H3. The molecule has 1 fully saturated rings. The maximum atomic E-state index is 14.1. The highest BCUT2D eigenvalue weighted by molar-refractivity contribution is 7.92. The molecule has 2 aromatic rings. The fourth-order valence-corrected chi connectivity index (χ4v) is 5.87. The minimum atomic E-state index is -4.34. The lowest BCUT2D eigenvalue weighted by Gasteiger charge is -2.35. The van der Waals surface area contributed by atoms with Gasteiger partial charge in [0.25, 0.3) is 15.9 Å². The van der Waals surface area contributed by atoms with Crippen LogP contribution in [0.5, 0.6) is 0 Å². The molecule has 0 atom stereocenters. The molecule has 186 valence electrons. The summed E-state index contributed by atoms with van der Waals surface area (Å²) in [5.41, 5.74) is 0.412. The zero-order valence-corrected chi connectivity index (χ0v) is 20.6. The summed E-state index contributed by atoms with van der Waals surface area (Å²) in [5.74, 6) is -3.69. The number of nitrogens with one attached hydrogen (secondary N) is 1. The molecule has 1 aliphatic rings. The molecular weight excluding hydrogens is 490 g/mol. The van der Waals surface area contributed by atoms with Gasteiger partial charge in [-0.05, 0) is 48.7 Å². The minimum absolute atomic E-state index is 0.0147. The Balaban J connectivity index is 2.12. The van der Waals surface area contributed by atoms with Crippen molar-refractivity contribution in [2.45, 2.75) is 41.9 Å². The van der Waals surface area contributed by atoms with Gasteiger partial charge in [-0.25, -0.2) is 30.4 Å². The second-order valence-corrected chi connectivity index (χ2v) is 11.8. The Hall–Kier alpha value is -2.73. The number of esters is 1. The van der Waals surface area contributed by atoms with Crippen LogP contribution in [0.15, 0.2) is 46.2 Å². The summed E-state index contributed by atoms with van der Waals surface area (Å²) in [5, 5.41) is 0. The van der Waals surface area contributed by atoms with Gasteiger partial charge in [0.05, 0.1) is 40.4 Å². The summed E-state index contributed by atoms with van der Waals surface area (Å²) in [7, 11) is -6.89. The van der Waals surface area contributed by atoms with E-state index >= 15 is 0 Å². The third-order valence-corrected chi connectivity index (χ3v) is 8.09. The van der Waals surface area contributed by atoms with Gasteiger partial charge < -0.3 is 9.64 Å². The Kier molecular flexibility index (Phi) is 7.23. The average molecular weight is 517 g/mol. The Morgan fingerprint density at radius 3 is 2.44 bits per heavy atom. The number of nitrogens with zero attached hydrogens (tertiary/aromatic N) is 1. The molecule has 0 radical (unpaired) electrons. The van der Waals surface area contributed by atoms with E-state index < -0.39 is 38.3 Å². The second kappa shape index (κ2) is 9.49. The normalized spacial score (nSPS) is 16.2. The lowest BCUT2D eigenvalue weighted by Crippen LogP contribution is -2.43. The Bertz CT molecular complexity index is 1310. The molecule has 1 saturated heterocycles. The monoisotopic (exact) mass is 516 g/mol. The number of methoxy groups -OCH3 is 1. The molecule has 0 amide bonds. The molecule has 1 N–H and O–H groups in total. The zero-order valence-electron chi connectivity index (χ0n) is 19.0. The number of halogens is 2. The average Bonchev–Trinajstić information content (AvgIpc) is 2.76. The van der Waals surface area contributed by atoms with Gasteiger partial charge in [0, 0.05) is 19.2 Å². The van der Waals surface area contributed by atoms with Crippen LogP contribution in [0, 0.1) is 0 Å². The molecule has 0 saturated carbocycles. The van der Waals surface area contributed by atoms with Gasteiger partial charge in [-0.1, -0.05) is 13.0 Å². The maximum absolute atomic E-state index is 14.1. The number of sulfonamides is 1. The molecule has 3 rings (SSSR count). The van der Waals surface area contributed by atoms with Crippen LogP contribution in [0.4, 0.5) is 20.2 Å². The van der Waals surface area contributed by atoms with E-state index in [9.17, 15) is 30.4 Å². The van der Waals surface area contributed by atoms with E-state index in [2.05, 4.69) is 9.46 Å². The third kappa shape index (κ3) is 5.66. The molecule has 0 aliphatic carbocycles. The van der Waals surface area contributed by atoms with Crippen LogP contribution in [0.1, 0.15) is 35.7 Å². The van der Waals surface area contributed by atoms with Gasteiger partial charge in [-0.3, -0.25) is 4.72 Å². The number of anilines is 2. The molecule has 1 aliphatic heterocycles. The van der Waals surface area contributed by atoms with Gasteiger partial charge in [-0.2, -0.15) is 0 Å². The van der Waals surface area contributed by atoms with Crippen LogP contribution in [0.2, 0.25) is 0 Å². The summed E-state index contributed by atoms with van der Waals surface area (Å²) in [6, 6.07) is 7.79.